The van der Waals surface area contributed by atoms with E-state index in [-0.39, 0.29) is 11.3 Å². The molecule has 4 saturated carbocycles. The highest BCUT2D eigenvalue weighted by atomic mass is 32.1. The van der Waals surface area contributed by atoms with E-state index in [4.69, 9.17) is 10.5 Å². The first-order valence-electron chi connectivity index (χ1n) is 9.07. The molecule has 1 aromatic rings. The zero-order chi connectivity index (χ0) is 17.6. The van der Waals surface area contributed by atoms with Gasteiger partial charge in [-0.2, -0.15) is 4.99 Å². The lowest BCUT2D eigenvalue weighted by Gasteiger charge is -2.55. The third-order valence-corrected chi connectivity index (χ3v) is 7.12. The Labute approximate surface area is 151 Å². The van der Waals surface area contributed by atoms with E-state index in [2.05, 4.69) is 4.99 Å². The number of hydrogen-bond acceptors (Lipinski definition) is 4. The van der Waals surface area contributed by atoms with Gasteiger partial charge < -0.3 is 15.0 Å². The number of ether oxygens (including phenoxy) is 1. The monoisotopic (exact) mass is 363 g/mol. The number of carbonyl (C=O) groups excluding carboxylic acids is 2. The SMILES string of the molecule is COCCn1c(C(N)=O)csc1=NC(=O)C12CC3CC(CC(C3)C1)C2. The van der Waals surface area contributed by atoms with Crippen molar-refractivity contribution in [3.8, 4) is 0 Å². The van der Waals surface area contributed by atoms with Crippen LogP contribution in [0.2, 0.25) is 0 Å². The van der Waals surface area contributed by atoms with E-state index in [1.165, 1.54) is 30.6 Å². The first kappa shape index (κ1) is 17.0. The van der Waals surface area contributed by atoms with Crippen molar-refractivity contribution in [3.05, 3.63) is 15.9 Å². The van der Waals surface area contributed by atoms with E-state index in [0.717, 1.165) is 19.3 Å². The summed E-state index contributed by atoms with van der Waals surface area (Å²) in [7, 11) is 1.61. The molecule has 0 unspecified atom stereocenters. The Morgan fingerprint density at radius 3 is 2.40 bits per heavy atom. The minimum absolute atomic E-state index is 0.00985. The molecule has 6 nitrogen and oxygen atoms in total. The van der Waals surface area contributed by atoms with Gasteiger partial charge in [0.2, 0.25) is 0 Å². The minimum Gasteiger partial charge on any atom is -0.383 e. The quantitative estimate of drug-likeness (QED) is 0.867. The maximum atomic E-state index is 13.2. The van der Waals surface area contributed by atoms with Crippen molar-refractivity contribution in [1.29, 1.82) is 0 Å². The topological polar surface area (TPSA) is 86.7 Å². The van der Waals surface area contributed by atoms with Crippen molar-refractivity contribution in [2.24, 2.45) is 33.9 Å². The van der Waals surface area contributed by atoms with Crippen LogP contribution in [0.1, 0.15) is 49.0 Å². The Morgan fingerprint density at radius 2 is 1.88 bits per heavy atom. The molecule has 5 rings (SSSR count). The summed E-state index contributed by atoms with van der Waals surface area (Å²) >= 11 is 1.31. The predicted molar refractivity (Wildman–Crippen MR) is 93.9 cm³/mol. The molecule has 7 heteroatoms. The number of nitrogens with zero attached hydrogens (tertiary/aromatic N) is 2. The molecule has 0 saturated heterocycles. The molecular weight excluding hydrogens is 338 g/mol. The molecule has 0 radical (unpaired) electrons. The average Bonchev–Trinajstić information content (AvgIpc) is 2.94. The number of rotatable bonds is 5. The molecule has 4 aliphatic rings. The molecule has 4 fully saturated rings. The van der Waals surface area contributed by atoms with Gasteiger partial charge in [0, 0.05) is 19.0 Å². The molecule has 0 atom stereocenters. The normalized spacial score (nSPS) is 33.8. The smallest absolute Gasteiger partial charge is 0.266 e. The van der Waals surface area contributed by atoms with Crippen LogP contribution in [-0.2, 0) is 16.1 Å². The molecular formula is C18H25N3O3S. The van der Waals surface area contributed by atoms with Gasteiger partial charge in [-0.15, -0.1) is 11.3 Å². The Bertz CT molecular complexity index is 729. The zero-order valence-corrected chi connectivity index (χ0v) is 15.4. The third kappa shape index (κ3) is 2.97. The van der Waals surface area contributed by atoms with Gasteiger partial charge >= 0.3 is 0 Å². The summed E-state index contributed by atoms with van der Waals surface area (Å²) in [6.07, 6.45) is 6.87. The first-order valence-corrected chi connectivity index (χ1v) is 9.95. The van der Waals surface area contributed by atoms with Crippen molar-refractivity contribution in [2.75, 3.05) is 13.7 Å². The number of amides is 2. The van der Waals surface area contributed by atoms with E-state index in [1.807, 2.05) is 0 Å². The van der Waals surface area contributed by atoms with Crippen molar-refractivity contribution in [1.82, 2.24) is 4.57 Å². The standard InChI is InChI=1S/C18H25N3O3S/c1-24-3-2-21-14(15(19)22)10-25-17(21)20-16(23)18-7-11-4-12(8-18)6-13(5-11)9-18/h10-13H,2-9H2,1H3,(H2,19,22). The van der Waals surface area contributed by atoms with Gasteiger partial charge in [0.1, 0.15) is 5.69 Å². The fourth-order valence-electron chi connectivity index (χ4n) is 5.59. The summed E-state index contributed by atoms with van der Waals surface area (Å²) < 4.78 is 6.83. The first-order chi connectivity index (χ1) is 12.0. The lowest BCUT2D eigenvalue weighted by molar-refractivity contribution is -0.142. The highest BCUT2D eigenvalue weighted by Gasteiger charge is 2.54. The van der Waals surface area contributed by atoms with Crippen LogP contribution in [-0.4, -0.2) is 30.1 Å². The summed E-state index contributed by atoms with van der Waals surface area (Å²) in [6.45, 7) is 0.904. The van der Waals surface area contributed by atoms with Crippen molar-refractivity contribution < 1.29 is 14.3 Å². The fraction of sp³-hybridized carbons (Fsp3) is 0.722. The van der Waals surface area contributed by atoms with Crippen LogP contribution in [0.5, 0.6) is 0 Å². The maximum absolute atomic E-state index is 13.2. The Morgan fingerprint density at radius 1 is 1.28 bits per heavy atom. The lowest BCUT2D eigenvalue weighted by Crippen LogP contribution is -2.50. The summed E-state index contributed by atoms with van der Waals surface area (Å²) in [5.41, 5.74) is 5.59. The maximum Gasteiger partial charge on any atom is 0.266 e. The molecule has 0 spiro atoms. The second kappa shape index (κ2) is 6.36. The third-order valence-electron chi connectivity index (χ3n) is 6.26. The van der Waals surface area contributed by atoms with E-state index < -0.39 is 5.91 Å². The van der Waals surface area contributed by atoms with Crippen molar-refractivity contribution >= 4 is 23.2 Å². The Hall–Kier alpha value is -1.47. The predicted octanol–water partition coefficient (Wildman–Crippen LogP) is 1.94. The molecule has 0 aliphatic heterocycles. The highest BCUT2D eigenvalue weighted by molar-refractivity contribution is 7.07. The number of carbonyl (C=O) groups is 2. The number of methoxy groups -OCH3 is 1. The van der Waals surface area contributed by atoms with Gasteiger partial charge in [-0.05, 0) is 56.3 Å². The van der Waals surface area contributed by atoms with Crippen LogP contribution in [0.3, 0.4) is 0 Å². The highest BCUT2D eigenvalue weighted by Crippen LogP contribution is 2.60. The second-order valence-electron chi connectivity index (χ2n) is 8.03. The number of nitrogens with two attached hydrogens (primary N) is 1. The van der Waals surface area contributed by atoms with Crippen LogP contribution in [0.4, 0.5) is 0 Å². The van der Waals surface area contributed by atoms with Crippen LogP contribution in [0, 0.1) is 23.2 Å². The summed E-state index contributed by atoms with van der Waals surface area (Å²) in [4.78, 5) is 29.8. The van der Waals surface area contributed by atoms with Crippen LogP contribution >= 0.6 is 11.3 Å². The Kier molecular flexibility index (Phi) is 4.32. The van der Waals surface area contributed by atoms with Gasteiger partial charge in [-0.3, -0.25) is 9.59 Å². The molecule has 4 aliphatic carbocycles. The zero-order valence-electron chi connectivity index (χ0n) is 14.6. The second-order valence-corrected chi connectivity index (χ2v) is 8.86. The summed E-state index contributed by atoms with van der Waals surface area (Å²) in [6, 6.07) is 0. The molecule has 4 bridgehead atoms. The van der Waals surface area contributed by atoms with Crippen LogP contribution in [0.25, 0.3) is 0 Å². The number of hydrogen-bond donors (Lipinski definition) is 1. The molecule has 2 amide bonds. The van der Waals surface area contributed by atoms with Gasteiger partial charge in [-0.25, -0.2) is 0 Å². The van der Waals surface area contributed by atoms with Gasteiger partial charge in [-0.1, -0.05) is 0 Å². The number of primary amides is 1. The van der Waals surface area contributed by atoms with E-state index in [1.54, 1.807) is 17.1 Å². The van der Waals surface area contributed by atoms with E-state index in [9.17, 15) is 9.59 Å². The van der Waals surface area contributed by atoms with Crippen molar-refractivity contribution in [3.63, 3.8) is 0 Å². The molecule has 136 valence electrons. The molecule has 1 heterocycles. The summed E-state index contributed by atoms with van der Waals surface area (Å²) in [5, 5.41) is 1.68. The lowest BCUT2D eigenvalue weighted by atomic mass is 9.49. The summed E-state index contributed by atoms with van der Waals surface area (Å²) in [5.74, 6) is 1.62. The number of aromatic nitrogens is 1. The fourth-order valence-corrected chi connectivity index (χ4v) is 6.51. The van der Waals surface area contributed by atoms with Crippen molar-refractivity contribution in [2.45, 2.75) is 45.1 Å². The molecule has 25 heavy (non-hydrogen) atoms. The van der Waals surface area contributed by atoms with Crippen LogP contribution < -0.4 is 10.5 Å². The van der Waals surface area contributed by atoms with E-state index in [0.29, 0.717) is 41.4 Å². The molecule has 2 N–H and O–H groups in total. The number of thiazole rings is 1. The van der Waals surface area contributed by atoms with Gasteiger partial charge in [0.05, 0.1) is 12.0 Å². The van der Waals surface area contributed by atoms with Gasteiger partial charge in [0.25, 0.3) is 11.8 Å². The van der Waals surface area contributed by atoms with Crippen LogP contribution in [0.15, 0.2) is 10.4 Å². The van der Waals surface area contributed by atoms with E-state index >= 15 is 0 Å². The van der Waals surface area contributed by atoms with Gasteiger partial charge in [0.15, 0.2) is 4.80 Å². The Balaban J connectivity index is 1.66. The minimum atomic E-state index is -0.504. The average molecular weight is 363 g/mol. The molecule has 1 aromatic heterocycles. The largest absolute Gasteiger partial charge is 0.383 e. The molecule has 0 aromatic carbocycles.